The van der Waals surface area contributed by atoms with Crippen molar-refractivity contribution in [3.8, 4) is 0 Å². The van der Waals surface area contributed by atoms with Crippen molar-refractivity contribution in [2.24, 2.45) is 5.73 Å². The van der Waals surface area contributed by atoms with Gasteiger partial charge in [0.1, 0.15) is 0 Å². The molecule has 0 unspecified atom stereocenters. The van der Waals surface area contributed by atoms with Crippen LogP contribution in [0.1, 0.15) is 28.4 Å². The normalized spacial score (nSPS) is 12.5. The Bertz CT molecular complexity index is 345. The summed E-state index contributed by atoms with van der Waals surface area (Å²) in [6, 6.07) is 5.42. The minimum Gasteiger partial charge on any atom is -0.393 e. The fraction of sp³-hybridized carbons (Fsp3) is 0.364. The molecule has 1 atom stereocenters. The van der Waals surface area contributed by atoms with E-state index in [1.807, 2.05) is 19.1 Å². The summed E-state index contributed by atoms with van der Waals surface area (Å²) in [4.78, 5) is 11.1. The van der Waals surface area contributed by atoms with Crippen LogP contribution in [0.3, 0.4) is 0 Å². The predicted molar refractivity (Wildman–Crippen MR) is 55.1 cm³/mol. The Morgan fingerprint density at radius 2 is 2.21 bits per heavy atom. The number of primary amides is 1. The molecule has 3 N–H and O–H groups in total. The molecule has 0 radical (unpaired) electrons. The average Bonchev–Trinajstić information content (AvgIpc) is 2.01. The van der Waals surface area contributed by atoms with Gasteiger partial charge in [0.25, 0.3) is 0 Å². The third-order valence-corrected chi connectivity index (χ3v) is 2.04. The molecule has 14 heavy (non-hydrogen) atoms. The summed E-state index contributed by atoms with van der Waals surface area (Å²) in [7, 11) is 0. The van der Waals surface area contributed by atoms with Crippen LogP contribution in [0.15, 0.2) is 18.2 Å². The van der Waals surface area contributed by atoms with Gasteiger partial charge in [0, 0.05) is 5.56 Å². The van der Waals surface area contributed by atoms with E-state index in [2.05, 4.69) is 0 Å². The fourth-order valence-corrected chi connectivity index (χ4v) is 1.45. The number of carbonyl (C=O) groups excluding carboxylic acids is 1. The maximum absolute atomic E-state index is 11.1. The summed E-state index contributed by atoms with van der Waals surface area (Å²) in [6.07, 6.45) is -0.00477. The summed E-state index contributed by atoms with van der Waals surface area (Å²) < 4.78 is 0. The molecular formula is C11H15NO2. The van der Waals surface area contributed by atoms with E-state index in [1.54, 1.807) is 13.0 Å². The van der Waals surface area contributed by atoms with Crippen molar-refractivity contribution in [3.63, 3.8) is 0 Å². The van der Waals surface area contributed by atoms with Gasteiger partial charge in [0.2, 0.25) is 5.91 Å². The molecule has 1 aromatic carbocycles. The highest BCUT2D eigenvalue weighted by molar-refractivity contribution is 5.94. The summed E-state index contributed by atoms with van der Waals surface area (Å²) in [5, 5.41) is 9.25. The first-order valence-corrected chi connectivity index (χ1v) is 4.58. The summed E-state index contributed by atoms with van der Waals surface area (Å²) in [5.74, 6) is -0.444. The molecule has 0 aliphatic rings. The second kappa shape index (κ2) is 4.24. The topological polar surface area (TPSA) is 63.3 Å². The van der Waals surface area contributed by atoms with E-state index in [0.29, 0.717) is 12.0 Å². The van der Waals surface area contributed by atoms with Gasteiger partial charge in [-0.15, -0.1) is 0 Å². The zero-order chi connectivity index (χ0) is 10.7. The van der Waals surface area contributed by atoms with E-state index in [9.17, 15) is 9.90 Å². The lowest BCUT2D eigenvalue weighted by molar-refractivity contribution is 0.0998. The number of aliphatic hydroxyl groups excluding tert-OH is 1. The highest BCUT2D eigenvalue weighted by Gasteiger charge is 2.09. The fourth-order valence-electron chi connectivity index (χ4n) is 1.45. The van der Waals surface area contributed by atoms with Crippen LogP contribution in [0.2, 0.25) is 0 Å². The first kappa shape index (κ1) is 10.7. The molecule has 0 fully saturated rings. The number of aliphatic hydroxyl groups is 1. The molecule has 1 aromatic rings. The molecule has 76 valence electrons. The first-order chi connectivity index (χ1) is 6.50. The number of carbonyl (C=O) groups is 1. The maximum atomic E-state index is 11.1. The van der Waals surface area contributed by atoms with Crippen molar-refractivity contribution in [2.45, 2.75) is 26.4 Å². The molecule has 0 bridgehead atoms. The van der Waals surface area contributed by atoms with Crippen LogP contribution in [-0.2, 0) is 6.42 Å². The third kappa shape index (κ3) is 2.57. The van der Waals surface area contributed by atoms with Crippen LogP contribution >= 0.6 is 0 Å². The van der Waals surface area contributed by atoms with Crippen molar-refractivity contribution in [3.05, 3.63) is 34.9 Å². The van der Waals surface area contributed by atoms with Gasteiger partial charge >= 0.3 is 0 Å². The molecule has 0 spiro atoms. The number of aryl methyl sites for hydroxylation is 1. The monoisotopic (exact) mass is 193 g/mol. The maximum Gasteiger partial charge on any atom is 0.248 e. The summed E-state index contributed by atoms with van der Waals surface area (Å²) in [5.41, 5.74) is 7.59. The Balaban J connectivity index is 3.09. The second-order valence-electron chi connectivity index (χ2n) is 3.58. The molecule has 3 heteroatoms. The zero-order valence-corrected chi connectivity index (χ0v) is 8.45. The van der Waals surface area contributed by atoms with Gasteiger partial charge in [-0.1, -0.05) is 17.7 Å². The molecule has 0 saturated carbocycles. The Morgan fingerprint density at radius 3 is 2.71 bits per heavy atom. The first-order valence-electron chi connectivity index (χ1n) is 4.58. The van der Waals surface area contributed by atoms with Crippen LogP contribution < -0.4 is 5.73 Å². The van der Waals surface area contributed by atoms with E-state index in [4.69, 9.17) is 5.73 Å². The molecular weight excluding hydrogens is 178 g/mol. The van der Waals surface area contributed by atoms with Crippen molar-refractivity contribution < 1.29 is 9.90 Å². The molecule has 1 amide bonds. The van der Waals surface area contributed by atoms with E-state index in [-0.39, 0.29) is 0 Å². The molecule has 0 aliphatic carbocycles. The number of amides is 1. The van der Waals surface area contributed by atoms with Gasteiger partial charge in [-0.25, -0.2) is 0 Å². The highest BCUT2D eigenvalue weighted by atomic mass is 16.3. The Kier molecular flexibility index (Phi) is 3.25. The number of benzene rings is 1. The van der Waals surface area contributed by atoms with Gasteiger partial charge in [0.05, 0.1) is 6.10 Å². The van der Waals surface area contributed by atoms with Crippen LogP contribution in [0.25, 0.3) is 0 Å². The number of hydrogen-bond acceptors (Lipinski definition) is 2. The van der Waals surface area contributed by atoms with E-state index in [0.717, 1.165) is 11.1 Å². The standard InChI is InChI=1S/C11H15NO2/c1-7-3-4-10(11(12)14)9(5-7)6-8(2)13/h3-5,8,13H,6H2,1-2H3,(H2,12,14)/t8-/m0/s1. The van der Waals surface area contributed by atoms with Gasteiger partial charge in [-0.05, 0) is 31.9 Å². The Morgan fingerprint density at radius 1 is 1.57 bits per heavy atom. The summed E-state index contributed by atoms with van der Waals surface area (Å²) in [6.45, 7) is 3.63. The molecule has 1 rings (SSSR count). The molecule has 0 heterocycles. The molecule has 3 nitrogen and oxygen atoms in total. The van der Waals surface area contributed by atoms with Crippen LogP contribution in [0.5, 0.6) is 0 Å². The highest BCUT2D eigenvalue weighted by Crippen LogP contribution is 2.13. The van der Waals surface area contributed by atoms with Crippen LogP contribution in [0, 0.1) is 6.92 Å². The van der Waals surface area contributed by atoms with Crippen molar-refractivity contribution >= 4 is 5.91 Å². The van der Waals surface area contributed by atoms with Crippen LogP contribution in [-0.4, -0.2) is 17.1 Å². The number of nitrogens with two attached hydrogens (primary N) is 1. The van der Waals surface area contributed by atoms with E-state index < -0.39 is 12.0 Å². The zero-order valence-electron chi connectivity index (χ0n) is 8.45. The number of hydrogen-bond donors (Lipinski definition) is 2. The Hall–Kier alpha value is -1.35. The van der Waals surface area contributed by atoms with Gasteiger partial charge < -0.3 is 10.8 Å². The quantitative estimate of drug-likeness (QED) is 0.752. The largest absolute Gasteiger partial charge is 0.393 e. The predicted octanol–water partition coefficient (Wildman–Crippen LogP) is 1.02. The molecule has 0 saturated heterocycles. The van der Waals surface area contributed by atoms with Gasteiger partial charge in [-0.2, -0.15) is 0 Å². The van der Waals surface area contributed by atoms with Gasteiger partial charge in [-0.3, -0.25) is 4.79 Å². The lowest BCUT2D eigenvalue weighted by Crippen LogP contribution is -2.16. The van der Waals surface area contributed by atoms with Crippen molar-refractivity contribution in [1.29, 1.82) is 0 Å². The van der Waals surface area contributed by atoms with Crippen LogP contribution in [0.4, 0.5) is 0 Å². The van der Waals surface area contributed by atoms with Crippen molar-refractivity contribution in [1.82, 2.24) is 0 Å². The number of rotatable bonds is 3. The molecule has 0 aliphatic heterocycles. The van der Waals surface area contributed by atoms with Gasteiger partial charge in [0.15, 0.2) is 0 Å². The lowest BCUT2D eigenvalue weighted by Gasteiger charge is -2.09. The average molecular weight is 193 g/mol. The Labute approximate surface area is 83.6 Å². The minimum atomic E-state index is -0.463. The lowest BCUT2D eigenvalue weighted by atomic mass is 9.99. The second-order valence-corrected chi connectivity index (χ2v) is 3.58. The minimum absolute atomic E-state index is 0.444. The summed E-state index contributed by atoms with van der Waals surface area (Å²) >= 11 is 0. The third-order valence-electron chi connectivity index (χ3n) is 2.04. The van der Waals surface area contributed by atoms with Crippen molar-refractivity contribution in [2.75, 3.05) is 0 Å². The SMILES string of the molecule is Cc1ccc(C(N)=O)c(C[C@H](C)O)c1. The van der Waals surface area contributed by atoms with E-state index >= 15 is 0 Å². The molecule has 0 aromatic heterocycles. The van der Waals surface area contributed by atoms with E-state index in [1.165, 1.54) is 0 Å². The smallest absolute Gasteiger partial charge is 0.248 e.